The smallest absolute Gasteiger partial charge is 0.236 e. The second-order valence-electron chi connectivity index (χ2n) is 4.90. The van der Waals surface area contributed by atoms with Gasteiger partial charge in [0, 0.05) is 24.7 Å². The number of halogens is 1. The molecule has 1 amide bonds. The van der Waals surface area contributed by atoms with Gasteiger partial charge in [0.15, 0.2) is 0 Å². The van der Waals surface area contributed by atoms with E-state index in [1.807, 2.05) is 57.1 Å². The van der Waals surface area contributed by atoms with Gasteiger partial charge >= 0.3 is 0 Å². The Hall–Kier alpha value is -1.06. The maximum Gasteiger partial charge on any atom is 0.236 e. The average molecular weight is 269 g/mol. The molecule has 0 fully saturated rings. The molecule has 0 N–H and O–H groups in total. The predicted molar refractivity (Wildman–Crippen MR) is 75.7 cm³/mol. The van der Waals surface area contributed by atoms with E-state index in [4.69, 9.17) is 11.6 Å². The minimum atomic E-state index is 0.134. The van der Waals surface area contributed by atoms with Crippen LogP contribution in [0.2, 0.25) is 5.02 Å². The van der Waals surface area contributed by atoms with Crippen molar-refractivity contribution in [1.82, 2.24) is 9.80 Å². The van der Waals surface area contributed by atoms with Crippen LogP contribution in [0.15, 0.2) is 24.3 Å². The van der Waals surface area contributed by atoms with Gasteiger partial charge in [0.25, 0.3) is 0 Å². The number of rotatable bonds is 5. The van der Waals surface area contributed by atoms with Gasteiger partial charge in [-0.1, -0.05) is 23.7 Å². The first kappa shape index (κ1) is 15.0. The van der Waals surface area contributed by atoms with Crippen molar-refractivity contribution >= 4 is 17.5 Å². The Morgan fingerprint density at radius 2 is 2.00 bits per heavy atom. The van der Waals surface area contributed by atoms with Gasteiger partial charge in [-0.25, -0.2) is 0 Å². The molecule has 4 heteroatoms. The molecule has 18 heavy (non-hydrogen) atoms. The summed E-state index contributed by atoms with van der Waals surface area (Å²) in [7, 11) is 3.77. The number of hydrogen-bond donors (Lipinski definition) is 0. The van der Waals surface area contributed by atoms with Crippen LogP contribution in [0.5, 0.6) is 0 Å². The van der Waals surface area contributed by atoms with Crippen molar-refractivity contribution in [2.45, 2.75) is 26.4 Å². The lowest BCUT2D eigenvalue weighted by Gasteiger charge is -2.24. The summed E-state index contributed by atoms with van der Waals surface area (Å²) in [6.45, 7) is 5.16. The molecule has 1 aromatic carbocycles. The predicted octanol–water partition coefficient (Wildman–Crippen LogP) is 2.64. The molecule has 0 saturated carbocycles. The van der Waals surface area contributed by atoms with E-state index in [0.29, 0.717) is 6.54 Å². The van der Waals surface area contributed by atoms with E-state index in [0.717, 1.165) is 17.1 Å². The van der Waals surface area contributed by atoms with Crippen LogP contribution >= 0.6 is 11.6 Å². The molecule has 0 unspecified atom stereocenters. The van der Waals surface area contributed by atoms with E-state index in [1.165, 1.54) is 0 Å². The first-order valence-corrected chi connectivity index (χ1v) is 6.46. The number of likely N-dealkylation sites (N-methyl/N-ethyl adjacent to an activating group) is 2. The van der Waals surface area contributed by atoms with Crippen LogP contribution in [0.4, 0.5) is 0 Å². The van der Waals surface area contributed by atoms with E-state index < -0.39 is 0 Å². The molecule has 3 nitrogen and oxygen atoms in total. The minimum absolute atomic E-state index is 0.134. The number of amides is 1. The van der Waals surface area contributed by atoms with E-state index in [2.05, 4.69) is 0 Å². The van der Waals surface area contributed by atoms with E-state index in [1.54, 1.807) is 4.90 Å². The normalized spacial score (nSPS) is 11.1. The quantitative estimate of drug-likeness (QED) is 0.820. The third-order valence-electron chi connectivity index (χ3n) is 2.91. The Morgan fingerprint density at radius 1 is 1.33 bits per heavy atom. The number of carbonyl (C=O) groups is 1. The van der Waals surface area contributed by atoms with Gasteiger partial charge in [0.2, 0.25) is 5.91 Å². The fourth-order valence-corrected chi connectivity index (χ4v) is 1.85. The van der Waals surface area contributed by atoms with Crippen LogP contribution in [-0.2, 0) is 11.3 Å². The fraction of sp³-hybridized carbons (Fsp3) is 0.500. The molecule has 0 saturated heterocycles. The van der Waals surface area contributed by atoms with Crippen molar-refractivity contribution in [2.24, 2.45) is 0 Å². The summed E-state index contributed by atoms with van der Waals surface area (Å²) < 4.78 is 0. The van der Waals surface area contributed by atoms with Gasteiger partial charge in [-0.05, 0) is 38.6 Å². The van der Waals surface area contributed by atoms with Crippen molar-refractivity contribution in [3.05, 3.63) is 34.9 Å². The molecule has 0 aromatic heterocycles. The van der Waals surface area contributed by atoms with E-state index in [-0.39, 0.29) is 11.9 Å². The van der Waals surface area contributed by atoms with Crippen LogP contribution in [0.3, 0.4) is 0 Å². The van der Waals surface area contributed by atoms with Gasteiger partial charge in [-0.3, -0.25) is 9.69 Å². The average Bonchev–Trinajstić information content (AvgIpc) is 2.27. The minimum Gasteiger partial charge on any atom is -0.342 e. The van der Waals surface area contributed by atoms with Gasteiger partial charge in [-0.15, -0.1) is 0 Å². The number of nitrogens with zero attached hydrogens (tertiary/aromatic N) is 2. The van der Waals surface area contributed by atoms with Crippen molar-refractivity contribution in [1.29, 1.82) is 0 Å². The highest BCUT2D eigenvalue weighted by atomic mass is 35.5. The Kier molecular flexibility index (Phi) is 5.63. The molecule has 0 bridgehead atoms. The first-order valence-electron chi connectivity index (χ1n) is 6.08. The summed E-state index contributed by atoms with van der Waals surface area (Å²) in [6.07, 6.45) is 0. The molecule has 0 aliphatic carbocycles. The molecule has 1 aromatic rings. The highest BCUT2D eigenvalue weighted by molar-refractivity contribution is 6.30. The highest BCUT2D eigenvalue weighted by Gasteiger charge is 2.14. The van der Waals surface area contributed by atoms with Crippen LogP contribution < -0.4 is 0 Å². The molecule has 1 rings (SSSR count). The molecule has 0 radical (unpaired) electrons. The van der Waals surface area contributed by atoms with Crippen LogP contribution in [0, 0.1) is 0 Å². The van der Waals surface area contributed by atoms with E-state index >= 15 is 0 Å². The lowest BCUT2D eigenvalue weighted by molar-refractivity contribution is -0.132. The van der Waals surface area contributed by atoms with Crippen molar-refractivity contribution < 1.29 is 4.79 Å². The summed E-state index contributed by atoms with van der Waals surface area (Å²) in [4.78, 5) is 15.7. The largest absolute Gasteiger partial charge is 0.342 e. The van der Waals surface area contributed by atoms with Crippen LogP contribution in [0.25, 0.3) is 0 Å². The molecule has 0 heterocycles. The first-order chi connectivity index (χ1) is 8.40. The Bertz CT molecular complexity index is 407. The maximum absolute atomic E-state index is 11.9. The maximum atomic E-state index is 11.9. The SMILES string of the molecule is CC(C)N(C)C(=O)CN(C)Cc1cccc(Cl)c1. The Labute approximate surface area is 114 Å². The van der Waals surface area contributed by atoms with Crippen molar-refractivity contribution in [3.8, 4) is 0 Å². The summed E-state index contributed by atoms with van der Waals surface area (Å²) in [5.41, 5.74) is 1.12. The monoisotopic (exact) mass is 268 g/mol. The summed E-state index contributed by atoms with van der Waals surface area (Å²) >= 11 is 5.93. The molecular formula is C14H21ClN2O. The second kappa shape index (κ2) is 6.76. The topological polar surface area (TPSA) is 23.6 Å². The van der Waals surface area contributed by atoms with Crippen molar-refractivity contribution in [3.63, 3.8) is 0 Å². The molecular weight excluding hydrogens is 248 g/mol. The van der Waals surface area contributed by atoms with Crippen molar-refractivity contribution in [2.75, 3.05) is 20.6 Å². The van der Waals surface area contributed by atoms with E-state index in [9.17, 15) is 4.79 Å². The highest BCUT2D eigenvalue weighted by Crippen LogP contribution is 2.12. The fourth-order valence-electron chi connectivity index (χ4n) is 1.63. The Balaban J connectivity index is 2.51. The zero-order valence-corrected chi connectivity index (χ0v) is 12.2. The standard InChI is InChI=1S/C14H21ClN2O/c1-11(2)17(4)14(18)10-16(3)9-12-6-5-7-13(15)8-12/h5-8,11H,9-10H2,1-4H3. The van der Waals surface area contributed by atoms with Gasteiger partial charge in [-0.2, -0.15) is 0 Å². The molecule has 0 atom stereocenters. The summed E-state index contributed by atoms with van der Waals surface area (Å²) in [5.74, 6) is 0.134. The number of carbonyl (C=O) groups excluding carboxylic acids is 1. The van der Waals surface area contributed by atoms with Crippen LogP contribution in [0.1, 0.15) is 19.4 Å². The molecule has 0 aliphatic rings. The third-order valence-corrected chi connectivity index (χ3v) is 3.15. The van der Waals surface area contributed by atoms with Gasteiger partial charge in [0.1, 0.15) is 0 Å². The summed E-state index contributed by atoms with van der Waals surface area (Å²) in [5, 5.41) is 0.728. The lowest BCUT2D eigenvalue weighted by atomic mass is 10.2. The second-order valence-corrected chi connectivity index (χ2v) is 5.34. The van der Waals surface area contributed by atoms with Crippen LogP contribution in [-0.4, -0.2) is 42.4 Å². The zero-order chi connectivity index (χ0) is 13.7. The summed E-state index contributed by atoms with van der Waals surface area (Å²) in [6, 6.07) is 7.95. The van der Waals surface area contributed by atoms with Gasteiger partial charge < -0.3 is 4.90 Å². The molecule has 0 aliphatic heterocycles. The Morgan fingerprint density at radius 3 is 2.56 bits per heavy atom. The molecule has 100 valence electrons. The lowest BCUT2D eigenvalue weighted by Crippen LogP contribution is -2.39. The zero-order valence-electron chi connectivity index (χ0n) is 11.5. The molecule has 0 spiro atoms. The number of benzene rings is 1. The third kappa shape index (κ3) is 4.67. The van der Waals surface area contributed by atoms with Gasteiger partial charge in [0.05, 0.1) is 6.54 Å². The number of hydrogen-bond acceptors (Lipinski definition) is 2.